The minimum absolute atomic E-state index is 0.0327. The molecular formula is C27H33F2N5O6. The number of aromatic nitrogens is 4. The van der Waals surface area contributed by atoms with Gasteiger partial charge in [-0.2, -0.15) is 14.6 Å². The van der Waals surface area contributed by atoms with Crippen molar-refractivity contribution in [1.82, 2.24) is 19.6 Å². The Morgan fingerprint density at radius 2 is 2.05 bits per heavy atom. The summed E-state index contributed by atoms with van der Waals surface area (Å²) < 4.78 is 53.4. The molecule has 0 spiro atoms. The Kier molecular flexibility index (Phi) is 8.84. The van der Waals surface area contributed by atoms with E-state index in [4.69, 9.17) is 18.9 Å². The number of nitrogens with one attached hydrogen (secondary N) is 1. The molecule has 0 aliphatic carbocycles. The Labute approximate surface area is 230 Å². The summed E-state index contributed by atoms with van der Waals surface area (Å²) in [6.07, 6.45) is 2.94. The highest BCUT2D eigenvalue weighted by molar-refractivity contribution is 5.92. The first-order valence-corrected chi connectivity index (χ1v) is 13.0. The number of hydrogen-bond acceptors (Lipinski definition) is 8. The van der Waals surface area contributed by atoms with Gasteiger partial charge in [-0.15, -0.1) is 0 Å². The van der Waals surface area contributed by atoms with Crippen LogP contribution in [0.3, 0.4) is 0 Å². The number of anilines is 1. The number of ether oxygens (including phenoxy) is 4. The Morgan fingerprint density at radius 1 is 1.27 bits per heavy atom. The summed E-state index contributed by atoms with van der Waals surface area (Å²) >= 11 is 0. The molecule has 1 unspecified atom stereocenters. The number of rotatable bonds is 11. The molecule has 13 heteroatoms. The van der Waals surface area contributed by atoms with E-state index in [9.17, 15) is 18.4 Å². The van der Waals surface area contributed by atoms with E-state index < -0.39 is 40.7 Å². The fourth-order valence-corrected chi connectivity index (χ4v) is 4.25. The molecule has 1 aliphatic heterocycles. The highest BCUT2D eigenvalue weighted by Crippen LogP contribution is 2.33. The van der Waals surface area contributed by atoms with Crippen molar-refractivity contribution >= 4 is 11.7 Å². The molecule has 0 saturated carbocycles. The van der Waals surface area contributed by atoms with Gasteiger partial charge in [0.25, 0.3) is 11.5 Å². The number of hydrogen-bond donors (Lipinski definition) is 1. The van der Waals surface area contributed by atoms with E-state index in [1.54, 1.807) is 23.9 Å². The zero-order chi connectivity index (χ0) is 29.0. The third-order valence-corrected chi connectivity index (χ3v) is 5.98. The number of carbonyl (C=O) groups excluding carboxylic acids is 1. The molecule has 0 radical (unpaired) electrons. The molecule has 4 rings (SSSR count). The van der Waals surface area contributed by atoms with Crippen molar-refractivity contribution in [2.75, 3.05) is 18.5 Å². The minimum atomic E-state index is -1.04. The summed E-state index contributed by atoms with van der Waals surface area (Å²) in [7, 11) is 0. The van der Waals surface area contributed by atoms with E-state index in [-0.39, 0.29) is 30.1 Å². The average molecular weight is 562 g/mol. The molecule has 0 bridgehead atoms. The first-order valence-electron chi connectivity index (χ1n) is 13.0. The van der Waals surface area contributed by atoms with E-state index >= 15 is 0 Å². The molecule has 1 saturated heterocycles. The van der Waals surface area contributed by atoms with Crippen LogP contribution in [0.25, 0.3) is 0 Å². The van der Waals surface area contributed by atoms with Gasteiger partial charge in [-0.25, -0.2) is 9.07 Å². The molecule has 2 aromatic heterocycles. The third-order valence-electron chi connectivity index (χ3n) is 5.98. The summed E-state index contributed by atoms with van der Waals surface area (Å²) in [5.41, 5.74) is -0.688. The van der Waals surface area contributed by atoms with Gasteiger partial charge >= 0.3 is 0 Å². The van der Waals surface area contributed by atoms with Gasteiger partial charge in [-0.05, 0) is 45.2 Å². The Hall–Kier alpha value is -3.84. The predicted molar refractivity (Wildman–Crippen MR) is 140 cm³/mol. The molecule has 1 amide bonds. The predicted octanol–water partition coefficient (Wildman–Crippen LogP) is 4.29. The Balaban J connectivity index is 1.49. The Bertz CT molecular complexity index is 1410. The number of halogens is 2. The van der Waals surface area contributed by atoms with E-state index in [0.29, 0.717) is 25.4 Å². The van der Waals surface area contributed by atoms with Crippen LogP contribution in [0.2, 0.25) is 0 Å². The van der Waals surface area contributed by atoms with Gasteiger partial charge in [-0.1, -0.05) is 13.8 Å². The van der Waals surface area contributed by atoms with Gasteiger partial charge in [0.05, 0.1) is 26.0 Å². The molecule has 1 N–H and O–H groups in total. The lowest BCUT2D eigenvalue weighted by Crippen LogP contribution is -2.35. The van der Waals surface area contributed by atoms with Gasteiger partial charge in [-0.3, -0.25) is 14.3 Å². The summed E-state index contributed by atoms with van der Waals surface area (Å²) in [5.74, 6) is -3.96. The van der Waals surface area contributed by atoms with Gasteiger partial charge in [0.1, 0.15) is 12.1 Å². The van der Waals surface area contributed by atoms with Crippen LogP contribution in [-0.2, 0) is 20.8 Å². The van der Waals surface area contributed by atoms with Crippen molar-refractivity contribution in [3.8, 4) is 17.2 Å². The molecule has 11 nitrogen and oxygen atoms in total. The average Bonchev–Trinajstić information content (AvgIpc) is 3.47. The van der Waals surface area contributed by atoms with Crippen LogP contribution >= 0.6 is 0 Å². The van der Waals surface area contributed by atoms with Gasteiger partial charge in [0, 0.05) is 18.3 Å². The minimum Gasteiger partial charge on any atom is -0.491 e. The van der Waals surface area contributed by atoms with Crippen LogP contribution in [0, 0.1) is 17.6 Å². The normalized spacial score (nSPS) is 17.1. The summed E-state index contributed by atoms with van der Waals surface area (Å²) in [5, 5.41) is 11.2. The standard InChI is InChI=1S/C27H33F2N5O6/c1-6-37-21-8-7-19(28)25(24(21)29)39-17-12-23(35)34(30-13-17)20(11-16(2)3)26(36)31-22-9-10-33(32-22)14-18-15-38-27(4,5)40-18/h7-10,12-13,16,18,20H,6,11,14-15H2,1-5H3,(H,31,32,36)/t18-,20?/m1/s1. The second kappa shape index (κ2) is 12.1. The van der Waals surface area contributed by atoms with Crippen molar-refractivity contribution in [3.05, 3.63) is 58.6 Å². The maximum absolute atomic E-state index is 14.7. The zero-order valence-corrected chi connectivity index (χ0v) is 23.0. The smallest absolute Gasteiger partial charge is 0.271 e. The molecule has 1 aromatic carbocycles. The lowest BCUT2D eigenvalue weighted by atomic mass is 10.0. The fourth-order valence-electron chi connectivity index (χ4n) is 4.25. The van der Waals surface area contributed by atoms with E-state index in [1.165, 1.54) is 0 Å². The summed E-state index contributed by atoms with van der Waals surface area (Å²) in [6.45, 7) is 10.2. The van der Waals surface area contributed by atoms with E-state index in [1.807, 2.05) is 27.7 Å². The lowest BCUT2D eigenvalue weighted by Gasteiger charge is -2.20. The largest absolute Gasteiger partial charge is 0.491 e. The SMILES string of the molecule is CCOc1ccc(F)c(Oc2cnn(C(CC(C)C)C(=O)Nc3ccn(C[C@@H]4COC(C)(C)O4)n3)c(=O)c2)c1F. The van der Waals surface area contributed by atoms with Crippen molar-refractivity contribution < 1.29 is 32.5 Å². The highest BCUT2D eigenvalue weighted by Gasteiger charge is 2.33. The van der Waals surface area contributed by atoms with Crippen molar-refractivity contribution in [2.24, 2.45) is 5.92 Å². The van der Waals surface area contributed by atoms with Gasteiger partial charge in [0.2, 0.25) is 11.6 Å². The highest BCUT2D eigenvalue weighted by atomic mass is 19.1. The van der Waals surface area contributed by atoms with E-state index in [0.717, 1.165) is 29.1 Å². The van der Waals surface area contributed by atoms with Crippen molar-refractivity contribution in [1.29, 1.82) is 0 Å². The lowest BCUT2D eigenvalue weighted by molar-refractivity contribution is -0.139. The first kappa shape index (κ1) is 29.2. The number of carbonyl (C=O) groups is 1. The quantitative estimate of drug-likeness (QED) is 0.369. The summed E-state index contributed by atoms with van der Waals surface area (Å²) in [6, 6.07) is 3.82. The van der Waals surface area contributed by atoms with Crippen LogP contribution in [0.5, 0.6) is 17.2 Å². The molecule has 3 aromatic rings. The third kappa shape index (κ3) is 7.02. The maximum atomic E-state index is 14.7. The summed E-state index contributed by atoms with van der Waals surface area (Å²) in [4.78, 5) is 26.2. The number of amides is 1. The number of nitrogens with zero attached hydrogens (tertiary/aromatic N) is 4. The van der Waals surface area contributed by atoms with Crippen LogP contribution in [0.4, 0.5) is 14.6 Å². The molecule has 1 fully saturated rings. The number of benzene rings is 1. The first-order chi connectivity index (χ1) is 19.0. The second-order valence-corrected chi connectivity index (χ2v) is 10.2. The zero-order valence-electron chi connectivity index (χ0n) is 23.0. The molecule has 2 atom stereocenters. The second-order valence-electron chi connectivity index (χ2n) is 10.2. The molecule has 3 heterocycles. The van der Waals surface area contributed by atoms with Crippen molar-refractivity contribution in [2.45, 2.75) is 65.5 Å². The van der Waals surface area contributed by atoms with Crippen molar-refractivity contribution in [3.63, 3.8) is 0 Å². The molecule has 40 heavy (non-hydrogen) atoms. The van der Waals surface area contributed by atoms with Crippen LogP contribution < -0.4 is 20.3 Å². The van der Waals surface area contributed by atoms with Gasteiger partial charge in [0.15, 0.2) is 28.9 Å². The molecular weight excluding hydrogens is 528 g/mol. The van der Waals surface area contributed by atoms with Crippen LogP contribution in [-0.4, -0.2) is 50.6 Å². The topological polar surface area (TPSA) is 119 Å². The fraction of sp³-hybridized carbons (Fsp3) is 0.481. The maximum Gasteiger partial charge on any atom is 0.271 e. The van der Waals surface area contributed by atoms with Crippen LogP contribution in [0.1, 0.15) is 47.1 Å². The monoisotopic (exact) mass is 561 g/mol. The van der Waals surface area contributed by atoms with E-state index in [2.05, 4.69) is 15.5 Å². The van der Waals surface area contributed by atoms with Crippen LogP contribution in [0.15, 0.2) is 41.5 Å². The molecule has 1 aliphatic rings. The molecule has 216 valence electrons. The Morgan fingerprint density at radius 3 is 2.70 bits per heavy atom. The van der Waals surface area contributed by atoms with Gasteiger partial charge < -0.3 is 24.3 Å².